The zero-order valence-electron chi connectivity index (χ0n) is 16.3. The Balaban J connectivity index is 1.93. The van der Waals surface area contributed by atoms with E-state index in [-0.39, 0.29) is 27.3 Å². The highest BCUT2D eigenvalue weighted by molar-refractivity contribution is 7.92. The zero-order valence-corrected chi connectivity index (χ0v) is 17.9. The molecular formula is C18H21F3N4O2S2. The number of amides is 1. The second kappa shape index (κ2) is 7.77. The first-order valence-electron chi connectivity index (χ1n) is 8.82. The van der Waals surface area contributed by atoms with Crippen LogP contribution in [0.4, 0.5) is 19.0 Å². The van der Waals surface area contributed by atoms with Gasteiger partial charge in [-0.2, -0.15) is 13.2 Å². The number of aromatic nitrogens is 2. The van der Waals surface area contributed by atoms with Crippen LogP contribution in [-0.4, -0.2) is 43.5 Å². The summed E-state index contributed by atoms with van der Waals surface area (Å²) in [5.41, 5.74) is -1.09. The number of pyridine rings is 1. The van der Waals surface area contributed by atoms with Gasteiger partial charge in [0.1, 0.15) is 23.4 Å². The Morgan fingerprint density at radius 1 is 1.31 bits per heavy atom. The molecule has 1 saturated heterocycles. The number of halogens is 3. The summed E-state index contributed by atoms with van der Waals surface area (Å²) in [6, 6.07) is 0.787. The molecule has 0 bridgehead atoms. The van der Waals surface area contributed by atoms with Crippen LogP contribution in [-0.2, 0) is 17.4 Å². The summed E-state index contributed by atoms with van der Waals surface area (Å²) in [5.74, 6) is 0.408. The molecule has 2 N–H and O–H groups in total. The largest absolute Gasteiger partial charge is 0.616 e. The van der Waals surface area contributed by atoms with E-state index in [4.69, 9.17) is 0 Å². The second-order valence-electron chi connectivity index (χ2n) is 7.86. The number of rotatable bonds is 4. The van der Waals surface area contributed by atoms with Crippen LogP contribution in [0.5, 0.6) is 0 Å². The molecular weight excluding hydrogens is 425 g/mol. The lowest BCUT2D eigenvalue weighted by molar-refractivity contribution is -0.137. The number of thiazole rings is 1. The Morgan fingerprint density at radius 3 is 2.52 bits per heavy atom. The lowest BCUT2D eigenvalue weighted by Gasteiger charge is -2.28. The monoisotopic (exact) mass is 446 g/mol. The molecule has 6 nitrogen and oxygen atoms in total. The van der Waals surface area contributed by atoms with E-state index < -0.39 is 34.4 Å². The van der Waals surface area contributed by atoms with E-state index in [0.717, 1.165) is 23.6 Å². The van der Waals surface area contributed by atoms with Crippen LogP contribution in [0.2, 0.25) is 0 Å². The Kier molecular flexibility index (Phi) is 5.85. The minimum absolute atomic E-state index is 0.0696. The molecule has 1 fully saturated rings. The van der Waals surface area contributed by atoms with Gasteiger partial charge in [-0.05, 0) is 44.9 Å². The van der Waals surface area contributed by atoms with Gasteiger partial charge in [0.05, 0.1) is 16.1 Å². The Hall–Kier alpha value is -1.85. The normalized spacial score (nSPS) is 19.6. The number of carbonyl (C=O) groups excluding carboxylic acids is 1. The van der Waals surface area contributed by atoms with Crippen LogP contribution in [0.15, 0.2) is 12.3 Å². The number of carbonyl (C=O) groups is 1. The standard InChI is InChI=1S/C18H21F3N4O2S2/c1-9-14(28-16(23-9)15(26)24-10-7-29(27)8-10)11-6-22-13(25-17(2,3)4)5-12(11)18(19,20)21/h5-6,10H,7-8H2,1-4H3,(H,22,25)(H,24,26). The number of alkyl halides is 3. The molecule has 1 aliphatic heterocycles. The first-order chi connectivity index (χ1) is 13.3. The van der Waals surface area contributed by atoms with Crippen molar-refractivity contribution in [3.05, 3.63) is 28.5 Å². The average molecular weight is 447 g/mol. The van der Waals surface area contributed by atoms with Crippen LogP contribution in [0.1, 0.15) is 41.8 Å². The summed E-state index contributed by atoms with van der Waals surface area (Å²) < 4.78 is 52.3. The molecule has 0 spiro atoms. The minimum Gasteiger partial charge on any atom is -0.616 e. The fourth-order valence-corrected chi connectivity index (χ4v) is 4.76. The van der Waals surface area contributed by atoms with Crippen LogP contribution in [0.25, 0.3) is 10.4 Å². The SMILES string of the molecule is Cc1nc(C(=O)NC2C[S+]([O-])C2)sc1-c1cnc(NC(C)(C)C)cc1C(F)(F)F. The third-order valence-electron chi connectivity index (χ3n) is 4.06. The maximum Gasteiger partial charge on any atom is 0.417 e. The lowest BCUT2D eigenvalue weighted by Crippen LogP contribution is -2.52. The highest BCUT2D eigenvalue weighted by Gasteiger charge is 2.37. The van der Waals surface area contributed by atoms with Crippen molar-refractivity contribution in [1.82, 2.24) is 15.3 Å². The molecule has 1 aliphatic rings. The van der Waals surface area contributed by atoms with Crippen molar-refractivity contribution >= 4 is 34.2 Å². The van der Waals surface area contributed by atoms with Gasteiger partial charge in [0.15, 0.2) is 5.01 Å². The van der Waals surface area contributed by atoms with Crippen LogP contribution in [0, 0.1) is 6.92 Å². The van der Waals surface area contributed by atoms with Gasteiger partial charge in [-0.1, -0.05) is 0 Å². The Labute approximate surface area is 173 Å². The lowest BCUT2D eigenvalue weighted by atomic mass is 10.1. The van der Waals surface area contributed by atoms with Gasteiger partial charge in [0, 0.05) is 17.3 Å². The number of nitrogens with one attached hydrogen (secondary N) is 2. The van der Waals surface area contributed by atoms with E-state index in [1.807, 2.05) is 20.8 Å². The van der Waals surface area contributed by atoms with E-state index in [1.54, 1.807) is 6.92 Å². The smallest absolute Gasteiger partial charge is 0.417 e. The van der Waals surface area contributed by atoms with Gasteiger partial charge in [0.25, 0.3) is 5.91 Å². The fourth-order valence-electron chi connectivity index (χ4n) is 2.80. The van der Waals surface area contributed by atoms with Crippen molar-refractivity contribution in [3.63, 3.8) is 0 Å². The summed E-state index contributed by atoms with van der Waals surface area (Å²) in [6.45, 7) is 7.03. The third kappa shape index (κ3) is 5.20. The maximum absolute atomic E-state index is 13.7. The van der Waals surface area contributed by atoms with Gasteiger partial charge in [-0.25, -0.2) is 9.97 Å². The number of anilines is 1. The molecule has 2 aromatic rings. The van der Waals surface area contributed by atoms with Crippen molar-refractivity contribution in [2.45, 2.75) is 45.5 Å². The first-order valence-corrected chi connectivity index (χ1v) is 11.1. The number of nitrogens with zero attached hydrogens (tertiary/aromatic N) is 2. The topological polar surface area (TPSA) is 90.0 Å². The van der Waals surface area contributed by atoms with Gasteiger partial charge >= 0.3 is 6.18 Å². The summed E-state index contributed by atoms with van der Waals surface area (Å²) in [6.07, 6.45) is -3.43. The molecule has 0 saturated carbocycles. The molecule has 11 heteroatoms. The van der Waals surface area contributed by atoms with Crippen molar-refractivity contribution in [2.75, 3.05) is 16.8 Å². The van der Waals surface area contributed by atoms with Gasteiger partial charge in [0.2, 0.25) is 0 Å². The van der Waals surface area contributed by atoms with Gasteiger partial charge < -0.3 is 15.2 Å². The molecule has 0 aromatic carbocycles. The number of hydrogen-bond acceptors (Lipinski definition) is 6. The molecule has 0 unspecified atom stereocenters. The van der Waals surface area contributed by atoms with Crippen molar-refractivity contribution < 1.29 is 22.5 Å². The number of hydrogen-bond donors (Lipinski definition) is 2. The second-order valence-corrected chi connectivity index (χ2v) is 10.4. The molecule has 3 heterocycles. The van der Waals surface area contributed by atoms with E-state index >= 15 is 0 Å². The van der Waals surface area contributed by atoms with Gasteiger partial charge in [-0.3, -0.25) is 4.79 Å². The quantitative estimate of drug-likeness (QED) is 0.701. The predicted octanol–water partition coefficient (Wildman–Crippen LogP) is 3.60. The molecule has 158 valence electrons. The highest BCUT2D eigenvalue weighted by atomic mass is 32.2. The molecule has 0 radical (unpaired) electrons. The van der Waals surface area contributed by atoms with Crippen LogP contribution < -0.4 is 10.6 Å². The first kappa shape index (κ1) is 21.8. The van der Waals surface area contributed by atoms with E-state index in [1.165, 1.54) is 0 Å². The fraction of sp³-hybridized carbons (Fsp3) is 0.500. The van der Waals surface area contributed by atoms with E-state index in [0.29, 0.717) is 17.2 Å². The van der Waals surface area contributed by atoms with Gasteiger partial charge in [-0.15, -0.1) is 11.3 Å². The molecule has 0 atom stereocenters. The van der Waals surface area contributed by atoms with Crippen LogP contribution in [0.3, 0.4) is 0 Å². The third-order valence-corrected chi connectivity index (χ3v) is 6.80. The number of aryl methyl sites for hydroxylation is 1. The predicted molar refractivity (Wildman–Crippen MR) is 108 cm³/mol. The van der Waals surface area contributed by atoms with Crippen LogP contribution >= 0.6 is 11.3 Å². The summed E-state index contributed by atoms with van der Waals surface area (Å²) >= 11 is -0.0297. The van der Waals surface area contributed by atoms with E-state index in [2.05, 4.69) is 20.6 Å². The molecule has 29 heavy (non-hydrogen) atoms. The highest BCUT2D eigenvalue weighted by Crippen LogP contribution is 2.41. The summed E-state index contributed by atoms with van der Waals surface area (Å²) in [4.78, 5) is 20.8. The van der Waals surface area contributed by atoms with E-state index in [9.17, 15) is 22.5 Å². The molecule has 3 rings (SSSR count). The zero-order chi connectivity index (χ0) is 21.6. The Morgan fingerprint density at radius 2 is 1.97 bits per heavy atom. The molecule has 1 amide bonds. The summed E-state index contributed by atoms with van der Waals surface area (Å²) in [7, 11) is 0. The van der Waals surface area contributed by atoms with Crippen molar-refractivity contribution in [1.29, 1.82) is 0 Å². The van der Waals surface area contributed by atoms with Crippen molar-refractivity contribution in [3.8, 4) is 10.4 Å². The van der Waals surface area contributed by atoms with Crippen molar-refractivity contribution in [2.24, 2.45) is 0 Å². The maximum atomic E-state index is 13.7. The summed E-state index contributed by atoms with van der Waals surface area (Å²) in [5, 5.41) is 5.71. The minimum atomic E-state index is -4.60. The Bertz CT molecular complexity index is 919. The molecule has 2 aromatic heterocycles. The average Bonchev–Trinajstić information content (AvgIpc) is 2.93. The molecule has 0 aliphatic carbocycles.